The van der Waals surface area contributed by atoms with Gasteiger partial charge in [0.05, 0.1) is 5.69 Å². The van der Waals surface area contributed by atoms with Crippen molar-refractivity contribution in [3.05, 3.63) is 198 Å². The molecule has 0 unspecified atom stereocenters. The van der Waals surface area contributed by atoms with Gasteiger partial charge in [-0.25, -0.2) is 0 Å². The summed E-state index contributed by atoms with van der Waals surface area (Å²) in [5.74, 6) is 0. The molecule has 0 N–H and O–H groups in total. The zero-order valence-electron chi connectivity index (χ0n) is 33.1. The van der Waals surface area contributed by atoms with Crippen LogP contribution in [0.4, 0.5) is 17.1 Å². The van der Waals surface area contributed by atoms with Crippen LogP contribution in [-0.2, 0) is 10.8 Å². The molecule has 0 fully saturated rings. The lowest BCUT2D eigenvalue weighted by atomic mass is 9.82. The van der Waals surface area contributed by atoms with Crippen molar-refractivity contribution >= 4 is 70.1 Å². The second kappa shape index (κ2) is 12.0. The van der Waals surface area contributed by atoms with Crippen molar-refractivity contribution in [2.45, 2.75) is 38.5 Å². The second-order valence-electron chi connectivity index (χ2n) is 17.3. The first-order chi connectivity index (χ1) is 28.3. The average molecular weight is 760 g/mol. The monoisotopic (exact) mass is 759 g/mol. The molecule has 276 valence electrons. The van der Waals surface area contributed by atoms with Crippen LogP contribution in [0.3, 0.4) is 0 Å². The van der Waals surface area contributed by atoms with Crippen molar-refractivity contribution in [1.29, 1.82) is 0 Å². The van der Waals surface area contributed by atoms with Crippen molar-refractivity contribution in [2.75, 3.05) is 4.90 Å². The van der Waals surface area contributed by atoms with Crippen LogP contribution in [0.1, 0.15) is 49.9 Å². The van der Waals surface area contributed by atoms with E-state index in [1.54, 1.807) is 0 Å². The van der Waals surface area contributed by atoms with Gasteiger partial charge in [-0.05, 0) is 103 Å². The van der Waals surface area contributed by atoms with E-state index in [1.165, 1.54) is 114 Å². The third-order valence-electron chi connectivity index (χ3n) is 13.4. The summed E-state index contributed by atoms with van der Waals surface area (Å²) in [5, 5.41) is 7.90. The maximum Gasteiger partial charge on any atom is 0.0554 e. The number of hydrogen-bond donors (Lipinski definition) is 0. The van der Waals surface area contributed by atoms with Crippen molar-refractivity contribution in [1.82, 2.24) is 0 Å². The molecule has 2 heteroatoms. The van der Waals surface area contributed by atoms with Gasteiger partial charge in [0.15, 0.2) is 0 Å². The van der Waals surface area contributed by atoms with Gasteiger partial charge in [0.2, 0.25) is 0 Å². The fraction of sp³-hybridized carbons (Fsp3) is 0.107. The van der Waals surface area contributed by atoms with E-state index < -0.39 is 0 Å². The predicted octanol–water partition coefficient (Wildman–Crippen LogP) is 16.1. The number of nitrogens with zero attached hydrogens (tertiary/aromatic N) is 1. The van der Waals surface area contributed by atoms with Crippen LogP contribution in [-0.4, -0.2) is 0 Å². The third kappa shape index (κ3) is 4.58. The summed E-state index contributed by atoms with van der Waals surface area (Å²) in [6, 6.07) is 66.2. The maximum absolute atomic E-state index is 2.56. The molecule has 9 aromatic carbocycles. The van der Waals surface area contributed by atoms with E-state index in [4.69, 9.17) is 0 Å². The molecule has 0 amide bonds. The Morgan fingerprint density at radius 1 is 0.379 bits per heavy atom. The Kier molecular flexibility index (Phi) is 6.97. The molecule has 0 aliphatic heterocycles. The Morgan fingerprint density at radius 3 is 1.47 bits per heavy atom. The van der Waals surface area contributed by atoms with Crippen LogP contribution in [0.2, 0.25) is 0 Å². The number of rotatable bonds is 4. The zero-order valence-corrected chi connectivity index (χ0v) is 33.9. The van der Waals surface area contributed by atoms with E-state index in [0.717, 1.165) is 0 Å². The molecule has 0 saturated carbocycles. The SMILES string of the molecule is CC1(C)c2ccccc2-c2ccc(N(c3ccc4c(c3)C(C)(C)c3ccccc3-4)c3cc4sc5c6ccccc6c6ccccc6c5c4cc3-c3ccccc3)cc21. The van der Waals surface area contributed by atoms with Crippen molar-refractivity contribution in [2.24, 2.45) is 0 Å². The number of fused-ring (bicyclic) bond motifs is 14. The molecule has 12 rings (SSSR count). The van der Waals surface area contributed by atoms with Gasteiger partial charge in [-0.2, -0.15) is 0 Å². The summed E-state index contributed by atoms with van der Waals surface area (Å²) in [7, 11) is 0. The van der Waals surface area contributed by atoms with Gasteiger partial charge in [0.25, 0.3) is 0 Å². The van der Waals surface area contributed by atoms with E-state index in [0.29, 0.717) is 0 Å². The minimum atomic E-state index is -0.130. The Labute approximate surface area is 343 Å². The van der Waals surface area contributed by atoms with E-state index >= 15 is 0 Å². The molecule has 10 aromatic rings. The summed E-state index contributed by atoms with van der Waals surface area (Å²) < 4.78 is 2.64. The second-order valence-corrected chi connectivity index (χ2v) is 18.3. The fourth-order valence-corrected chi connectivity index (χ4v) is 11.8. The van der Waals surface area contributed by atoms with Crippen molar-refractivity contribution in [3.8, 4) is 33.4 Å². The zero-order chi connectivity index (χ0) is 38.9. The Morgan fingerprint density at radius 2 is 0.862 bits per heavy atom. The van der Waals surface area contributed by atoms with E-state index in [1.807, 2.05) is 11.3 Å². The van der Waals surface area contributed by atoms with Crippen LogP contribution >= 0.6 is 11.3 Å². The van der Waals surface area contributed by atoms with Crippen molar-refractivity contribution < 1.29 is 0 Å². The molecule has 0 radical (unpaired) electrons. The summed E-state index contributed by atoms with van der Waals surface area (Å²) in [6.07, 6.45) is 0. The first-order valence-corrected chi connectivity index (χ1v) is 21.2. The Bertz CT molecular complexity index is 3240. The highest BCUT2D eigenvalue weighted by atomic mass is 32.1. The smallest absolute Gasteiger partial charge is 0.0554 e. The first-order valence-electron chi connectivity index (χ1n) is 20.4. The third-order valence-corrected chi connectivity index (χ3v) is 14.6. The highest BCUT2D eigenvalue weighted by Gasteiger charge is 2.38. The van der Waals surface area contributed by atoms with Crippen LogP contribution in [0.5, 0.6) is 0 Å². The summed E-state index contributed by atoms with van der Waals surface area (Å²) in [5.41, 5.74) is 16.5. The van der Waals surface area contributed by atoms with E-state index in [9.17, 15) is 0 Å². The molecule has 0 atom stereocenters. The average Bonchev–Trinajstić information content (AvgIpc) is 3.84. The Hall–Kier alpha value is -6.48. The number of hydrogen-bond acceptors (Lipinski definition) is 2. The molecule has 0 saturated heterocycles. The van der Waals surface area contributed by atoms with Gasteiger partial charge in [0, 0.05) is 53.3 Å². The molecule has 0 spiro atoms. The standard InChI is InChI=1S/C56H41NS/c1-55(2)47-24-14-12-20-39(47)41-28-26-35(30-49(41)55)57(36-27-29-42-40-21-13-15-25-48(40)56(3,4)50(42)31-36)51-33-52-46(32-45(51)34-16-6-5-7-17-34)53-43-22-10-8-18-37(43)38-19-9-11-23-44(38)54(53)58-52/h5-33H,1-4H3. The van der Waals surface area contributed by atoms with Crippen LogP contribution in [0.15, 0.2) is 176 Å². The summed E-state index contributed by atoms with van der Waals surface area (Å²) >= 11 is 1.93. The summed E-state index contributed by atoms with van der Waals surface area (Å²) in [4.78, 5) is 2.56. The Balaban J connectivity index is 1.18. The molecule has 2 aliphatic rings. The molecule has 0 bridgehead atoms. The highest BCUT2D eigenvalue weighted by Crippen LogP contribution is 2.55. The first kappa shape index (κ1) is 33.6. The normalized spacial score (nSPS) is 14.5. The molecule has 1 aromatic heterocycles. The maximum atomic E-state index is 2.56. The molecule has 1 nitrogen and oxygen atoms in total. The number of benzene rings is 9. The number of thiophene rings is 1. The molecular formula is C56H41NS. The predicted molar refractivity (Wildman–Crippen MR) is 250 cm³/mol. The molecule has 1 heterocycles. The molecule has 58 heavy (non-hydrogen) atoms. The van der Waals surface area contributed by atoms with Crippen LogP contribution in [0, 0.1) is 0 Å². The number of anilines is 3. The van der Waals surface area contributed by atoms with Gasteiger partial charge in [0.1, 0.15) is 0 Å². The van der Waals surface area contributed by atoms with Gasteiger partial charge in [-0.3, -0.25) is 0 Å². The largest absolute Gasteiger partial charge is 0.310 e. The van der Waals surface area contributed by atoms with E-state index in [-0.39, 0.29) is 10.8 Å². The van der Waals surface area contributed by atoms with Crippen molar-refractivity contribution in [3.63, 3.8) is 0 Å². The van der Waals surface area contributed by atoms with Crippen LogP contribution in [0.25, 0.3) is 75.1 Å². The van der Waals surface area contributed by atoms with Crippen LogP contribution < -0.4 is 4.90 Å². The van der Waals surface area contributed by atoms with Gasteiger partial charge < -0.3 is 4.90 Å². The highest BCUT2D eigenvalue weighted by molar-refractivity contribution is 7.27. The lowest BCUT2D eigenvalue weighted by Crippen LogP contribution is -2.18. The molecular weight excluding hydrogens is 719 g/mol. The van der Waals surface area contributed by atoms with Gasteiger partial charge in [-0.15, -0.1) is 11.3 Å². The fourth-order valence-electron chi connectivity index (χ4n) is 10.6. The quantitative estimate of drug-likeness (QED) is 0.162. The van der Waals surface area contributed by atoms with Gasteiger partial charge in [-0.1, -0.05) is 167 Å². The van der Waals surface area contributed by atoms with Gasteiger partial charge >= 0.3 is 0 Å². The minimum Gasteiger partial charge on any atom is -0.310 e. The lowest BCUT2D eigenvalue weighted by molar-refractivity contribution is 0.660. The minimum absolute atomic E-state index is 0.130. The summed E-state index contributed by atoms with van der Waals surface area (Å²) in [6.45, 7) is 9.53. The molecule has 2 aliphatic carbocycles. The van der Waals surface area contributed by atoms with E-state index in [2.05, 4.69) is 209 Å². The topological polar surface area (TPSA) is 3.24 Å². The lowest BCUT2D eigenvalue weighted by Gasteiger charge is -2.31.